The molecule has 0 aliphatic carbocycles. The zero-order valence-electron chi connectivity index (χ0n) is 20.8. The molecule has 0 aliphatic heterocycles. The van der Waals surface area contributed by atoms with E-state index in [2.05, 4.69) is 0 Å². The van der Waals surface area contributed by atoms with Crippen molar-refractivity contribution in [3.63, 3.8) is 0 Å². The molecule has 6 nitrogen and oxygen atoms in total. The fourth-order valence-electron chi connectivity index (χ4n) is 2.61. The van der Waals surface area contributed by atoms with Crippen molar-refractivity contribution >= 4 is 34.6 Å². The van der Waals surface area contributed by atoms with E-state index in [9.17, 15) is 29.7 Å². The molecule has 0 bridgehead atoms. The molecule has 0 heterocycles. The molecule has 37 heavy (non-hydrogen) atoms. The molecule has 0 aliphatic rings. The van der Waals surface area contributed by atoms with Crippen molar-refractivity contribution in [1.29, 1.82) is 0 Å². The van der Waals surface area contributed by atoms with Gasteiger partial charge in [-0.15, -0.1) is 0 Å². The molecule has 3 aromatic rings. The molecule has 0 aromatic heterocycles. The van der Waals surface area contributed by atoms with Gasteiger partial charge in [0.2, 0.25) is 0 Å². The molecular formula is C30H27CrO6. The Morgan fingerprint density at radius 1 is 0.459 bits per heavy atom. The molecule has 0 fully saturated rings. The summed E-state index contributed by atoms with van der Waals surface area (Å²) in [4.78, 5) is 31.7. The fourth-order valence-corrected chi connectivity index (χ4v) is 2.61. The first kappa shape index (κ1) is 32.8. The van der Waals surface area contributed by atoms with Crippen LogP contribution in [0.4, 0.5) is 0 Å². The average Bonchev–Trinajstić information content (AvgIpc) is 2.85. The van der Waals surface area contributed by atoms with Crippen molar-refractivity contribution in [2.45, 2.75) is 20.8 Å². The topological polar surface area (TPSA) is 120 Å². The minimum Gasteiger partial charge on any atom is -0.872 e. The standard InChI is InChI=1S/3C10H10O2.Cr/c3*1-8(11)7-10(12)9-5-3-2-4-6-9;/h3*2-7,12H,1H3;/q;;;+3/p-3. The van der Waals surface area contributed by atoms with Gasteiger partial charge in [0.05, 0.1) is 0 Å². The van der Waals surface area contributed by atoms with Gasteiger partial charge in [-0.1, -0.05) is 108 Å². The number of carbonyl (C=O) groups is 3. The van der Waals surface area contributed by atoms with Crippen LogP contribution in [0, 0.1) is 0 Å². The van der Waals surface area contributed by atoms with E-state index < -0.39 is 0 Å². The SMILES string of the molecule is CC(=O)C=C([O-])c1ccccc1.CC(=O)C=C([O-])c1ccccc1.CC(=O)C=C([O-])c1ccccc1.[Cr+3]. The van der Waals surface area contributed by atoms with Crippen molar-refractivity contribution in [3.05, 3.63) is 126 Å². The van der Waals surface area contributed by atoms with E-state index in [1.807, 2.05) is 18.2 Å². The first-order valence-electron chi connectivity index (χ1n) is 10.9. The Labute approximate surface area is 228 Å². The van der Waals surface area contributed by atoms with Gasteiger partial charge < -0.3 is 15.3 Å². The van der Waals surface area contributed by atoms with Crippen molar-refractivity contribution in [2.75, 3.05) is 0 Å². The number of hydrogen-bond donors (Lipinski definition) is 0. The summed E-state index contributed by atoms with van der Waals surface area (Å²) in [5.74, 6) is -1.36. The first-order valence-corrected chi connectivity index (χ1v) is 10.9. The van der Waals surface area contributed by atoms with Gasteiger partial charge in [-0.25, -0.2) is 0 Å². The summed E-state index contributed by atoms with van der Waals surface area (Å²) in [6.07, 6.45) is 3.28. The Kier molecular flexibility index (Phi) is 16.1. The second-order valence-corrected chi connectivity index (χ2v) is 7.46. The van der Waals surface area contributed by atoms with Gasteiger partial charge in [-0.3, -0.25) is 14.4 Å². The number of allylic oxidation sites excluding steroid dienone is 3. The molecule has 0 saturated heterocycles. The van der Waals surface area contributed by atoms with E-state index in [0.29, 0.717) is 16.7 Å². The third-order valence-corrected chi connectivity index (χ3v) is 4.18. The van der Waals surface area contributed by atoms with Crippen LogP contribution < -0.4 is 15.3 Å². The van der Waals surface area contributed by atoms with Gasteiger partial charge in [0.15, 0.2) is 17.3 Å². The predicted octanol–water partition coefficient (Wildman–Crippen LogP) is 2.93. The third kappa shape index (κ3) is 14.7. The number of ketones is 3. The fraction of sp³-hybridized carbons (Fsp3) is 0.100. The van der Waals surface area contributed by atoms with Crippen LogP contribution in [0.25, 0.3) is 17.3 Å². The Hall–Kier alpha value is -4.18. The van der Waals surface area contributed by atoms with Crippen LogP contribution in [-0.4, -0.2) is 17.3 Å². The maximum atomic E-state index is 11.2. The zero-order valence-corrected chi connectivity index (χ0v) is 22.0. The van der Waals surface area contributed by atoms with Gasteiger partial charge in [-0.05, 0) is 55.7 Å². The smallest absolute Gasteiger partial charge is 0.872 e. The molecule has 0 saturated carbocycles. The van der Waals surface area contributed by atoms with E-state index >= 15 is 0 Å². The Morgan fingerprint density at radius 3 is 0.811 bits per heavy atom. The van der Waals surface area contributed by atoms with Crippen LogP contribution in [0.15, 0.2) is 109 Å². The van der Waals surface area contributed by atoms with Gasteiger partial charge in [0, 0.05) is 0 Å². The predicted molar refractivity (Wildman–Crippen MR) is 135 cm³/mol. The van der Waals surface area contributed by atoms with Crippen LogP contribution >= 0.6 is 0 Å². The van der Waals surface area contributed by atoms with Crippen molar-refractivity contribution in [3.8, 4) is 0 Å². The van der Waals surface area contributed by atoms with Crippen molar-refractivity contribution < 1.29 is 47.1 Å². The molecule has 0 N–H and O–H groups in total. The van der Waals surface area contributed by atoms with Gasteiger partial charge in [0.1, 0.15) is 0 Å². The zero-order chi connectivity index (χ0) is 26.9. The molecule has 0 unspecified atom stereocenters. The van der Waals surface area contributed by atoms with E-state index in [0.717, 1.165) is 18.2 Å². The van der Waals surface area contributed by atoms with Crippen LogP contribution in [-0.2, 0) is 31.7 Å². The van der Waals surface area contributed by atoms with E-state index in [1.165, 1.54) is 20.8 Å². The van der Waals surface area contributed by atoms with Crippen LogP contribution in [0.3, 0.4) is 0 Å². The Bertz CT molecular complexity index is 1060. The quantitative estimate of drug-likeness (QED) is 0.354. The minimum atomic E-state index is -0.233. The Morgan fingerprint density at radius 2 is 0.649 bits per heavy atom. The van der Waals surface area contributed by atoms with Gasteiger partial charge >= 0.3 is 17.4 Å². The second kappa shape index (κ2) is 18.1. The van der Waals surface area contributed by atoms with Gasteiger partial charge in [-0.2, -0.15) is 0 Å². The Balaban J connectivity index is 0.000000518. The third-order valence-electron chi connectivity index (χ3n) is 4.18. The summed E-state index contributed by atoms with van der Waals surface area (Å²) in [7, 11) is 0. The maximum Gasteiger partial charge on any atom is 3.00 e. The second-order valence-electron chi connectivity index (χ2n) is 7.46. The number of benzene rings is 3. The molecule has 1 radical (unpaired) electrons. The summed E-state index contributed by atoms with van der Waals surface area (Å²) >= 11 is 0. The molecule has 3 aromatic carbocycles. The van der Waals surface area contributed by atoms with E-state index in [-0.39, 0.29) is 52.0 Å². The summed E-state index contributed by atoms with van der Waals surface area (Å²) in [5.41, 5.74) is 1.65. The van der Waals surface area contributed by atoms with Crippen molar-refractivity contribution in [1.82, 2.24) is 0 Å². The first-order chi connectivity index (χ1) is 17.1. The van der Waals surface area contributed by atoms with E-state index in [1.54, 1.807) is 72.8 Å². The number of hydrogen-bond acceptors (Lipinski definition) is 6. The van der Waals surface area contributed by atoms with Crippen LogP contribution in [0.5, 0.6) is 0 Å². The molecule has 0 spiro atoms. The van der Waals surface area contributed by atoms with Gasteiger partial charge in [0.25, 0.3) is 0 Å². The summed E-state index contributed by atoms with van der Waals surface area (Å²) in [6, 6.07) is 26.2. The van der Waals surface area contributed by atoms with Crippen LogP contribution in [0.2, 0.25) is 0 Å². The summed E-state index contributed by atoms with van der Waals surface area (Å²) in [5, 5.41) is 33.5. The number of carbonyl (C=O) groups excluding carboxylic acids is 3. The van der Waals surface area contributed by atoms with Crippen LogP contribution in [0.1, 0.15) is 37.5 Å². The summed E-state index contributed by atoms with van der Waals surface area (Å²) in [6.45, 7) is 4.09. The maximum absolute atomic E-state index is 11.2. The molecule has 0 amide bonds. The molecule has 189 valence electrons. The van der Waals surface area contributed by atoms with Crippen molar-refractivity contribution in [2.24, 2.45) is 0 Å². The number of rotatable bonds is 6. The molecule has 7 heteroatoms. The monoisotopic (exact) mass is 535 g/mol. The minimum absolute atomic E-state index is 0. The molecule has 0 atom stereocenters. The normalized spacial score (nSPS) is 10.9. The largest absolute Gasteiger partial charge is 3.00 e. The average molecular weight is 536 g/mol. The molecular weight excluding hydrogens is 508 g/mol. The molecule has 3 rings (SSSR count). The van der Waals surface area contributed by atoms with E-state index in [4.69, 9.17) is 0 Å². The summed E-state index contributed by atoms with van der Waals surface area (Å²) < 4.78 is 0.